The Kier molecular flexibility index (Phi) is 39.7. The van der Waals surface area contributed by atoms with Gasteiger partial charge < -0.3 is 89.9 Å². The molecular weight excluding hydrogens is 1020 g/mol. The van der Waals surface area contributed by atoms with Gasteiger partial charge in [0.1, 0.15) is 73.2 Å². The van der Waals surface area contributed by atoms with Crippen LogP contribution in [0.3, 0.4) is 0 Å². The van der Waals surface area contributed by atoms with E-state index in [1.54, 1.807) is 6.08 Å². The van der Waals surface area contributed by atoms with Crippen LogP contribution in [0, 0.1) is 0 Å². The van der Waals surface area contributed by atoms with Crippen molar-refractivity contribution in [1.82, 2.24) is 5.32 Å². The molecule has 0 bridgehead atoms. The Bertz CT molecular complexity index is 1540. The fourth-order valence-electron chi connectivity index (χ4n) is 10.6. The average molecular weight is 1130 g/mol. The molecule has 0 aromatic heterocycles. The second-order valence-electron chi connectivity index (χ2n) is 22.5. The molecule has 0 saturated carbocycles. The fourth-order valence-corrected chi connectivity index (χ4v) is 10.6. The SMILES string of the molecule is CCCCCCCCCCCCCCC/C=C/CC/C=C/C(O)C(COC1OC(CO)C(OC2OC(CO)C(OC3OC(CO)C(O)C(O)C3O)C(O)C2O)C(O)C1O)NC(=O)CCCCCCCCCCCCCCCCC. The first kappa shape index (κ1) is 71.5. The first-order valence-corrected chi connectivity index (χ1v) is 31.1. The largest absolute Gasteiger partial charge is 0.394 e. The van der Waals surface area contributed by atoms with Crippen LogP contribution in [0.5, 0.6) is 0 Å². The van der Waals surface area contributed by atoms with Crippen LogP contribution in [-0.2, 0) is 33.2 Å². The molecule has 0 spiro atoms. The minimum Gasteiger partial charge on any atom is -0.394 e. The van der Waals surface area contributed by atoms with Gasteiger partial charge in [0.25, 0.3) is 0 Å². The number of aliphatic hydroxyl groups is 11. The summed E-state index contributed by atoms with van der Waals surface area (Å²) in [6.07, 6.45) is 18.7. The van der Waals surface area contributed by atoms with Crippen LogP contribution in [0.2, 0.25) is 0 Å². The number of carbonyl (C=O) groups excluding carboxylic acids is 1. The van der Waals surface area contributed by atoms with E-state index in [4.69, 9.17) is 28.4 Å². The summed E-state index contributed by atoms with van der Waals surface area (Å²) in [5.74, 6) is -0.283. The Hall–Kier alpha value is -1.73. The third kappa shape index (κ3) is 27.7. The Morgan fingerprint density at radius 2 is 0.810 bits per heavy atom. The van der Waals surface area contributed by atoms with Crippen molar-refractivity contribution in [3.8, 4) is 0 Å². The van der Waals surface area contributed by atoms with Crippen molar-refractivity contribution in [2.24, 2.45) is 0 Å². The summed E-state index contributed by atoms with van der Waals surface area (Å²) < 4.78 is 34.2. The zero-order valence-electron chi connectivity index (χ0n) is 48.4. The van der Waals surface area contributed by atoms with Crippen molar-refractivity contribution in [2.75, 3.05) is 26.4 Å². The van der Waals surface area contributed by atoms with Gasteiger partial charge in [-0.25, -0.2) is 0 Å². The second-order valence-corrected chi connectivity index (χ2v) is 22.5. The van der Waals surface area contributed by atoms with Gasteiger partial charge in [-0.1, -0.05) is 205 Å². The van der Waals surface area contributed by atoms with E-state index in [-0.39, 0.29) is 18.9 Å². The average Bonchev–Trinajstić information content (AvgIpc) is 3.57. The Balaban J connectivity index is 1.51. The van der Waals surface area contributed by atoms with E-state index in [0.717, 1.165) is 38.5 Å². The van der Waals surface area contributed by atoms with E-state index in [1.807, 2.05) is 6.08 Å². The second kappa shape index (κ2) is 43.8. The molecule has 79 heavy (non-hydrogen) atoms. The number of nitrogens with one attached hydrogen (secondary N) is 1. The van der Waals surface area contributed by atoms with Gasteiger partial charge in [0.2, 0.25) is 5.91 Å². The van der Waals surface area contributed by atoms with Crippen LogP contribution in [0.15, 0.2) is 24.3 Å². The quantitative estimate of drug-likeness (QED) is 0.0248. The fraction of sp³-hybridized carbons (Fsp3) is 0.917. The number of unbranched alkanes of at least 4 members (excludes halogenated alkanes) is 28. The number of rotatable bonds is 46. The number of hydrogen-bond acceptors (Lipinski definition) is 18. The highest BCUT2D eigenvalue weighted by Gasteiger charge is 2.53. The molecule has 12 N–H and O–H groups in total. The van der Waals surface area contributed by atoms with E-state index < -0.39 is 124 Å². The summed E-state index contributed by atoms with van der Waals surface area (Å²) in [7, 11) is 0. The highest BCUT2D eigenvalue weighted by Crippen LogP contribution is 2.33. The topological polar surface area (TPSA) is 307 Å². The molecule has 0 aromatic carbocycles. The number of aliphatic hydroxyl groups excluding tert-OH is 11. The molecule has 19 nitrogen and oxygen atoms in total. The Morgan fingerprint density at radius 3 is 1.27 bits per heavy atom. The minimum absolute atomic E-state index is 0.240. The lowest BCUT2D eigenvalue weighted by molar-refractivity contribution is -0.379. The van der Waals surface area contributed by atoms with Crippen LogP contribution < -0.4 is 5.32 Å². The van der Waals surface area contributed by atoms with Gasteiger partial charge in [-0.2, -0.15) is 0 Å². The maximum absolute atomic E-state index is 13.3. The van der Waals surface area contributed by atoms with Crippen LogP contribution in [0.25, 0.3) is 0 Å². The summed E-state index contributed by atoms with van der Waals surface area (Å²) in [6.45, 7) is 1.71. The molecule has 3 saturated heterocycles. The highest BCUT2D eigenvalue weighted by molar-refractivity contribution is 5.76. The van der Waals surface area contributed by atoms with Gasteiger partial charge in [0.15, 0.2) is 18.9 Å². The molecule has 3 aliphatic rings. The summed E-state index contributed by atoms with van der Waals surface area (Å²) in [4.78, 5) is 13.3. The number of carbonyl (C=O) groups is 1. The predicted molar refractivity (Wildman–Crippen MR) is 300 cm³/mol. The first-order valence-electron chi connectivity index (χ1n) is 31.1. The molecule has 0 aromatic rings. The molecule has 17 atom stereocenters. The number of hydrogen-bond donors (Lipinski definition) is 12. The third-order valence-corrected chi connectivity index (χ3v) is 15.8. The molecule has 3 fully saturated rings. The highest BCUT2D eigenvalue weighted by atomic mass is 16.8. The van der Waals surface area contributed by atoms with Crippen molar-refractivity contribution in [3.05, 3.63) is 24.3 Å². The van der Waals surface area contributed by atoms with Gasteiger partial charge in [-0.15, -0.1) is 0 Å². The molecule has 3 rings (SSSR count). The molecule has 464 valence electrons. The number of amides is 1. The van der Waals surface area contributed by atoms with E-state index in [0.29, 0.717) is 12.8 Å². The van der Waals surface area contributed by atoms with E-state index in [9.17, 15) is 61.0 Å². The summed E-state index contributed by atoms with van der Waals surface area (Å²) in [5, 5.41) is 120. The first-order chi connectivity index (χ1) is 38.3. The van der Waals surface area contributed by atoms with Crippen LogP contribution in [0.4, 0.5) is 0 Å². The molecule has 19 heteroatoms. The smallest absolute Gasteiger partial charge is 0.220 e. The lowest BCUT2D eigenvalue weighted by Crippen LogP contribution is -2.66. The summed E-state index contributed by atoms with van der Waals surface area (Å²) in [6, 6.07) is -0.985. The summed E-state index contributed by atoms with van der Waals surface area (Å²) >= 11 is 0. The van der Waals surface area contributed by atoms with Gasteiger partial charge in [-0.05, 0) is 32.1 Å². The van der Waals surface area contributed by atoms with Gasteiger partial charge in [-0.3, -0.25) is 4.79 Å². The summed E-state index contributed by atoms with van der Waals surface area (Å²) in [5.41, 5.74) is 0. The van der Waals surface area contributed by atoms with Gasteiger partial charge in [0.05, 0.1) is 38.6 Å². The van der Waals surface area contributed by atoms with Gasteiger partial charge in [0, 0.05) is 6.42 Å². The monoisotopic (exact) mass is 1130 g/mol. The lowest BCUT2D eigenvalue weighted by Gasteiger charge is -2.48. The molecule has 3 aliphatic heterocycles. The molecular formula is C60H111NO18. The standard InChI is InChI=1S/C60H111NO18/c1-3-5-7-9-11-13-15-17-19-20-21-22-24-25-27-29-31-33-35-37-44(65)43(61-48(66)38-36-34-32-30-28-26-23-18-16-14-12-10-8-6-4-2)42-74-58-54(72)51(69)56(46(40-63)76-58)79-60-55(73)52(70)57(47(41-64)77-60)78-59-53(71)50(68)49(67)45(39-62)75-59/h27,29,35,37,43-47,49-60,62-65,67-73H,3-26,28,30-34,36,38-42H2,1-2H3,(H,61,66)/b29-27+,37-35+. The minimum atomic E-state index is -1.98. The Morgan fingerprint density at radius 1 is 0.443 bits per heavy atom. The maximum Gasteiger partial charge on any atom is 0.220 e. The number of allylic oxidation sites excluding steroid dienone is 3. The van der Waals surface area contributed by atoms with Crippen LogP contribution in [-0.4, -0.2) is 193 Å². The lowest BCUT2D eigenvalue weighted by atomic mass is 9.96. The van der Waals surface area contributed by atoms with E-state index >= 15 is 0 Å². The van der Waals surface area contributed by atoms with Crippen LogP contribution >= 0.6 is 0 Å². The molecule has 0 aliphatic carbocycles. The zero-order valence-corrected chi connectivity index (χ0v) is 48.4. The molecule has 0 radical (unpaired) electrons. The van der Waals surface area contributed by atoms with Crippen molar-refractivity contribution in [3.63, 3.8) is 0 Å². The normalized spacial score (nSPS) is 30.4. The maximum atomic E-state index is 13.3. The molecule has 17 unspecified atom stereocenters. The van der Waals surface area contributed by atoms with Crippen LogP contribution in [0.1, 0.15) is 219 Å². The van der Waals surface area contributed by atoms with Crippen molar-refractivity contribution >= 4 is 5.91 Å². The van der Waals surface area contributed by atoms with E-state index in [2.05, 4.69) is 31.3 Å². The molecule has 3 heterocycles. The third-order valence-electron chi connectivity index (χ3n) is 15.8. The predicted octanol–water partition coefficient (Wildman–Crippen LogP) is 5.93. The van der Waals surface area contributed by atoms with E-state index in [1.165, 1.54) is 148 Å². The van der Waals surface area contributed by atoms with Crippen molar-refractivity contribution < 1.29 is 89.4 Å². The van der Waals surface area contributed by atoms with Crippen molar-refractivity contribution in [2.45, 2.75) is 324 Å². The number of ether oxygens (including phenoxy) is 6. The zero-order chi connectivity index (χ0) is 57.6. The molecule has 1 amide bonds. The Labute approximate surface area is 473 Å². The van der Waals surface area contributed by atoms with Crippen molar-refractivity contribution in [1.29, 1.82) is 0 Å². The van der Waals surface area contributed by atoms with Gasteiger partial charge >= 0.3 is 0 Å².